The summed E-state index contributed by atoms with van der Waals surface area (Å²) in [6, 6.07) is 17.7. The first kappa shape index (κ1) is 17.7. The molecule has 0 aliphatic carbocycles. The summed E-state index contributed by atoms with van der Waals surface area (Å²) in [5.41, 5.74) is 1.73. The highest BCUT2D eigenvalue weighted by Gasteiger charge is 2.15. The van der Waals surface area contributed by atoms with Crippen molar-refractivity contribution in [2.75, 3.05) is 10.6 Å². The van der Waals surface area contributed by atoms with Gasteiger partial charge in [-0.15, -0.1) is 0 Å². The second-order valence-electron chi connectivity index (χ2n) is 5.71. The van der Waals surface area contributed by atoms with Gasteiger partial charge >= 0.3 is 0 Å². The number of amides is 2. The van der Waals surface area contributed by atoms with E-state index in [0.29, 0.717) is 16.5 Å². The van der Waals surface area contributed by atoms with E-state index < -0.39 is 0 Å². The van der Waals surface area contributed by atoms with Gasteiger partial charge in [-0.25, -0.2) is 0 Å². The number of hydrogen-bond donors (Lipinski definition) is 2. The van der Waals surface area contributed by atoms with Crippen molar-refractivity contribution < 1.29 is 9.59 Å². The third-order valence-electron chi connectivity index (χ3n) is 3.69. The Kier molecular flexibility index (Phi) is 5.34. The molecule has 0 atom stereocenters. The first-order valence-corrected chi connectivity index (χ1v) is 8.34. The molecule has 6 nitrogen and oxygen atoms in total. The Labute approximate surface area is 155 Å². The molecular formula is C19H17ClN4O2. The molecule has 2 N–H and O–H groups in total. The number of halogens is 1. The van der Waals surface area contributed by atoms with E-state index in [1.807, 2.05) is 30.3 Å². The number of aromatic nitrogens is 2. The second kappa shape index (κ2) is 7.84. The summed E-state index contributed by atoms with van der Waals surface area (Å²) in [4.78, 5) is 24.5. The predicted molar refractivity (Wildman–Crippen MR) is 101 cm³/mol. The molecule has 0 radical (unpaired) electrons. The Bertz CT molecular complexity index is 920. The van der Waals surface area contributed by atoms with Gasteiger partial charge in [-0.05, 0) is 29.8 Å². The van der Waals surface area contributed by atoms with E-state index in [0.717, 1.165) is 5.56 Å². The summed E-state index contributed by atoms with van der Waals surface area (Å²) in [7, 11) is 1.66. The van der Waals surface area contributed by atoms with Gasteiger partial charge in [0.05, 0.1) is 6.42 Å². The molecule has 2 amide bonds. The number of rotatable bonds is 5. The molecule has 132 valence electrons. The van der Waals surface area contributed by atoms with Crippen molar-refractivity contribution >= 4 is 34.9 Å². The van der Waals surface area contributed by atoms with Crippen LogP contribution in [0.15, 0.2) is 60.7 Å². The summed E-state index contributed by atoms with van der Waals surface area (Å²) in [6.45, 7) is 0. The average Bonchev–Trinajstić information content (AvgIpc) is 2.98. The number of carbonyl (C=O) groups is 2. The highest BCUT2D eigenvalue weighted by Crippen LogP contribution is 2.16. The van der Waals surface area contributed by atoms with Gasteiger partial charge in [0.2, 0.25) is 5.91 Å². The fourth-order valence-electron chi connectivity index (χ4n) is 2.39. The van der Waals surface area contributed by atoms with Crippen molar-refractivity contribution in [1.82, 2.24) is 9.78 Å². The molecule has 0 saturated heterocycles. The zero-order chi connectivity index (χ0) is 18.5. The Hall–Kier alpha value is -3.12. The van der Waals surface area contributed by atoms with E-state index in [4.69, 9.17) is 11.6 Å². The quantitative estimate of drug-likeness (QED) is 0.723. The molecule has 0 aliphatic rings. The molecule has 7 heteroatoms. The van der Waals surface area contributed by atoms with Crippen LogP contribution in [0.3, 0.4) is 0 Å². The number of hydrogen-bond acceptors (Lipinski definition) is 3. The van der Waals surface area contributed by atoms with Crippen molar-refractivity contribution in [3.8, 4) is 0 Å². The molecule has 0 bridgehead atoms. The van der Waals surface area contributed by atoms with Crippen LogP contribution in [0.1, 0.15) is 16.1 Å². The van der Waals surface area contributed by atoms with Crippen LogP contribution in [-0.4, -0.2) is 21.6 Å². The largest absolute Gasteiger partial charge is 0.321 e. The molecular weight excluding hydrogens is 352 g/mol. The maximum atomic E-state index is 12.3. The van der Waals surface area contributed by atoms with Gasteiger partial charge in [-0.2, -0.15) is 5.10 Å². The van der Waals surface area contributed by atoms with E-state index in [9.17, 15) is 9.59 Å². The van der Waals surface area contributed by atoms with Crippen molar-refractivity contribution in [3.05, 3.63) is 76.9 Å². The van der Waals surface area contributed by atoms with E-state index in [1.165, 1.54) is 10.7 Å². The number of carbonyl (C=O) groups excluding carboxylic acids is 2. The normalized spacial score (nSPS) is 10.4. The number of aryl methyl sites for hydroxylation is 1. The standard InChI is InChI=1S/C19H17ClN4O2/c1-24-17(22-18(25)11-13-5-3-2-4-6-13)12-16(23-24)19(26)21-15-9-7-14(20)8-10-15/h2-10,12H,11H2,1H3,(H,21,26)(H,22,25). The Morgan fingerprint density at radius 1 is 1.04 bits per heavy atom. The summed E-state index contributed by atoms with van der Waals surface area (Å²) < 4.78 is 1.46. The third-order valence-corrected chi connectivity index (χ3v) is 3.94. The minimum absolute atomic E-state index is 0.177. The lowest BCUT2D eigenvalue weighted by Gasteiger charge is -2.04. The van der Waals surface area contributed by atoms with Crippen LogP contribution in [0.4, 0.5) is 11.5 Å². The average molecular weight is 369 g/mol. The molecule has 3 rings (SSSR count). The van der Waals surface area contributed by atoms with Crippen LogP contribution < -0.4 is 10.6 Å². The van der Waals surface area contributed by atoms with E-state index in [2.05, 4.69) is 15.7 Å². The van der Waals surface area contributed by atoms with Crippen LogP contribution >= 0.6 is 11.6 Å². The minimum Gasteiger partial charge on any atom is -0.321 e. The molecule has 1 aromatic heterocycles. The van der Waals surface area contributed by atoms with Gasteiger partial charge in [0.25, 0.3) is 5.91 Å². The fraction of sp³-hybridized carbons (Fsp3) is 0.105. The summed E-state index contributed by atoms with van der Waals surface area (Å²) in [5, 5.41) is 10.2. The summed E-state index contributed by atoms with van der Waals surface area (Å²) in [6.07, 6.45) is 0.248. The Morgan fingerprint density at radius 2 is 1.73 bits per heavy atom. The summed E-state index contributed by atoms with van der Waals surface area (Å²) in [5.74, 6) is -0.0949. The molecule has 26 heavy (non-hydrogen) atoms. The molecule has 0 spiro atoms. The second-order valence-corrected chi connectivity index (χ2v) is 6.15. The lowest BCUT2D eigenvalue weighted by molar-refractivity contribution is -0.115. The SMILES string of the molecule is Cn1nc(C(=O)Nc2ccc(Cl)cc2)cc1NC(=O)Cc1ccccc1. The maximum absolute atomic E-state index is 12.3. The van der Waals surface area contributed by atoms with E-state index in [-0.39, 0.29) is 23.9 Å². The first-order chi connectivity index (χ1) is 12.5. The highest BCUT2D eigenvalue weighted by atomic mass is 35.5. The smallest absolute Gasteiger partial charge is 0.276 e. The molecule has 1 heterocycles. The van der Waals surface area contributed by atoms with Crippen LogP contribution in [0, 0.1) is 0 Å². The zero-order valence-corrected chi connectivity index (χ0v) is 14.8. The van der Waals surface area contributed by atoms with Crippen molar-refractivity contribution in [1.29, 1.82) is 0 Å². The molecule has 0 fully saturated rings. The van der Waals surface area contributed by atoms with Gasteiger partial charge in [0.1, 0.15) is 5.82 Å². The highest BCUT2D eigenvalue weighted by molar-refractivity contribution is 6.30. The van der Waals surface area contributed by atoms with Gasteiger partial charge in [0.15, 0.2) is 5.69 Å². The van der Waals surface area contributed by atoms with Crippen LogP contribution in [0.2, 0.25) is 5.02 Å². The first-order valence-electron chi connectivity index (χ1n) is 7.96. The van der Waals surface area contributed by atoms with E-state index >= 15 is 0 Å². The van der Waals surface area contributed by atoms with Crippen molar-refractivity contribution in [3.63, 3.8) is 0 Å². The molecule has 0 unspecified atom stereocenters. The predicted octanol–water partition coefficient (Wildman–Crippen LogP) is 3.51. The molecule has 0 aliphatic heterocycles. The lowest BCUT2D eigenvalue weighted by atomic mass is 10.1. The monoisotopic (exact) mass is 368 g/mol. The molecule has 2 aromatic carbocycles. The van der Waals surface area contributed by atoms with Crippen molar-refractivity contribution in [2.24, 2.45) is 7.05 Å². The third kappa shape index (κ3) is 4.49. The fourth-order valence-corrected chi connectivity index (χ4v) is 2.52. The number of benzene rings is 2. The van der Waals surface area contributed by atoms with Gasteiger partial charge in [0, 0.05) is 23.8 Å². The van der Waals surface area contributed by atoms with Gasteiger partial charge < -0.3 is 10.6 Å². The van der Waals surface area contributed by atoms with Gasteiger partial charge in [-0.1, -0.05) is 41.9 Å². The topological polar surface area (TPSA) is 76.0 Å². The number of anilines is 2. The van der Waals surface area contributed by atoms with Crippen LogP contribution in [0.25, 0.3) is 0 Å². The van der Waals surface area contributed by atoms with E-state index in [1.54, 1.807) is 31.3 Å². The summed E-state index contributed by atoms with van der Waals surface area (Å²) >= 11 is 5.83. The van der Waals surface area contributed by atoms with Crippen molar-refractivity contribution in [2.45, 2.75) is 6.42 Å². The number of nitrogens with one attached hydrogen (secondary N) is 2. The Balaban J connectivity index is 1.65. The molecule has 0 saturated carbocycles. The number of nitrogens with zero attached hydrogens (tertiary/aromatic N) is 2. The van der Waals surface area contributed by atoms with Crippen LogP contribution in [0.5, 0.6) is 0 Å². The van der Waals surface area contributed by atoms with Gasteiger partial charge in [-0.3, -0.25) is 14.3 Å². The maximum Gasteiger partial charge on any atom is 0.276 e. The Morgan fingerprint density at radius 3 is 2.42 bits per heavy atom. The minimum atomic E-state index is -0.369. The lowest BCUT2D eigenvalue weighted by Crippen LogP contribution is -2.16. The van der Waals surface area contributed by atoms with Crippen LogP contribution in [-0.2, 0) is 18.3 Å². The zero-order valence-electron chi connectivity index (χ0n) is 14.1. The molecule has 3 aromatic rings.